The molecule has 3 saturated heterocycles. The zero-order valence-corrected chi connectivity index (χ0v) is 20.5. The standard InChI is InChI=1S/C23H30BrN3O4S/c1-2-3-9-25-21(30)19-23-12-15(24)18(32-23)16(17(23)22(31)27(19)10-11-28)20(29)26-13-14-7-5-4-6-8-14/h4-8,15-19,28H,2-3,9-13H2,1H3,(H,25,30)(H,26,29)/t15?,16-,17+,18-,19?,23?/m1/s1. The highest BCUT2D eigenvalue weighted by atomic mass is 79.9. The van der Waals surface area contributed by atoms with E-state index >= 15 is 0 Å². The van der Waals surface area contributed by atoms with Crippen LogP contribution in [0.1, 0.15) is 31.7 Å². The summed E-state index contributed by atoms with van der Waals surface area (Å²) < 4.78 is -0.657. The molecule has 3 fully saturated rings. The van der Waals surface area contributed by atoms with Crippen molar-refractivity contribution in [2.75, 3.05) is 19.7 Å². The van der Waals surface area contributed by atoms with Crippen LogP contribution >= 0.6 is 27.7 Å². The third-order valence-electron chi connectivity index (χ3n) is 6.82. The summed E-state index contributed by atoms with van der Waals surface area (Å²) >= 11 is 5.35. The van der Waals surface area contributed by atoms with Crippen LogP contribution in [0.25, 0.3) is 0 Å². The number of benzene rings is 1. The summed E-state index contributed by atoms with van der Waals surface area (Å²) in [7, 11) is 0. The minimum Gasteiger partial charge on any atom is -0.395 e. The molecule has 0 aromatic heterocycles. The molecule has 3 heterocycles. The number of carbonyl (C=O) groups excluding carboxylic acids is 3. The van der Waals surface area contributed by atoms with Crippen LogP contribution in [-0.2, 0) is 20.9 Å². The Kier molecular flexibility index (Phi) is 7.17. The molecule has 32 heavy (non-hydrogen) atoms. The Morgan fingerprint density at radius 1 is 1.25 bits per heavy atom. The summed E-state index contributed by atoms with van der Waals surface area (Å²) in [4.78, 5) is 41.7. The largest absolute Gasteiger partial charge is 0.395 e. The molecule has 3 aliphatic rings. The van der Waals surface area contributed by atoms with Crippen LogP contribution in [0, 0.1) is 11.8 Å². The van der Waals surface area contributed by atoms with E-state index in [0.29, 0.717) is 19.5 Å². The topological polar surface area (TPSA) is 98.7 Å². The number of nitrogens with one attached hydrogen (secondary N) is 2. The van der Waals surface area contributed by atoms with E-state index in [2.05, 4.69) is 33.5 Å². The van der Waals surface area contributed by atoms with Gasteiger partial charge >= 0.3 is 0 Å². The van der Waals surface area contributed by atoms with Crippen LogP contribution in [0.5, 0.6) is 0 Å². The van der Waals surface area contributed by atoms with Gasteiger partial charge < -0.3 is 20.6 Å². The van der Waals surface area contributed by atoms with Crippen molar-refractivity contribution in [3.63, 3.8) is 0 Å². The molecule has 3 unspecified atom stereocenters. The van der Waals surface area contributed by atoms with Gasteiger partial charge in [-0.15, -0.1) is 11.8 Å². The average Bonchev–Trinajstić information content (AvgIpc) is 3.37. The molecule has 1 aromatic carbocycles. The number of thioether (sulfide) groups is 1. The van der Waals surface area contributed by atoms with Crippen LogP contribution in [-0.4, -0.2) is 68.3 Å². The molecule has 174 valence electrons. The lowest BCUT2D eigenvalue weighted by Crippen LogP contribution is -2.55. The van der Waals surface area contributed by atoms with Gasteiger partial charge in [-0.25, -0.2) is 0 Å². The number of amides is 3. The fourth-order valence-electron chi connectivity index (χ4n) is 5.47. The van der Waals surface area contributed by atoms with Crippen molar-refractivity contribution in [1.29, 1.82) is 0 Å². The number of likely N-dealkylation sites (tertiary alicyclic amines) is 1. The Bertz CT molecular complexity index is 872. The van der Waals surface area contributed by atoms with E-state index < -0.39 is 22.6 Å². The van der Waals surface area contributed by atoms with E-state index in [1.165, 1.54) is 4.90 Å². The summed E-state index contributed by atoms with van der Waals surface area (Å²) in [5.74, 6) is -1.59. The van der Waals surface area contributed by atoms with Gasteiger partial charge in [0.2, 0.25) is 17.7 Å². The first-order valence-corrected chi connectivity index (χ1v) is 13.1. The first kappa shape index (κ1) is 23.6. The number of aliphatic hydroxyl groups is 1. The fraction of sp³-hybridized carbons (Fsp3) is 0.609. The molecule has 3 amide bonds. The van der Waals surface area contributed by atoms with E-state index in [4.69, 9.17) is 0 Å². The SMILES string of the molecule is CCCCNC(=O)C1N(CCO)C(=O)[C@@H]2[C@@H](C(=O)NCc3ccccc3)[C@@H]3SC12CC3Br. The van der Waals surface area contributed by atoms with Crippen molar-refractivity contribution in [3.05, 3.63) is 35.9 Å². The molecule has 9 heteroatoms. The van der Waals surface area contributed by atoms with Crippen LogP contribution < -0.4 is 10.6 Å². The molecule has 7 nitrogen and oxygen atoms in total. The highest BCUT2D eigenvalue weighted by Crippen LogP contribution is 2.67. The van der Waals surface area contributed by atoms with Gasteiger partial charge in [-0.2, -0.15) is 0 Å². The molecule has 0 aliphatic carbocycles. The van der Waals surface area contributed by atoms with Crippen LogP contribution in [0.3, 0.4) is 0 Å². The lowest BCUT2D eigenvalue weighted by Gasteiger charge is -2.35. The summed E-state index contributed by atoms with van der Waals surface area (Å²) in [5, 5.41) is 15.5. The third kappa shape index (κ3) is 3.96. The van der Waals surface area contributed by atoms with Crippen LogP contribution in [0.2, 0.25) is 0 Å². The van der Waals surface area contributed by atoms with Crippen LogP contribution in [0.15, 0.2) is 30.3 Å². The predicted octanol–water partition coefficient (Wildman–Crippen LogP) is 1.68. The van der Waals surface area contributed by atoms with Gasteiger partial charge in [0.25, 0.3) is 0 Å². The normalized spacial score (nSPS) is 32.8. The molecule has 3 N–H and O–H groups in total. The first-order chi connectivity index (χ1) is 15.4. The number of hydrogen-bond donors (Lipinski definition) is 3. The molecular formula is C23H30BrN3O4S. The second kappa shape index (κ2) is 9.73. The number of fused-ring (bicyclic) bond motifs is 1. The fourth-order valence-corrected chi connectivity index (χ4v) is 9.08. The van der Waals surface area contributed by atoms with Crippen molar-refractivity contribution < 1.29 is 19.5 Å². The van der Waals surface area contributed by atoms with Crippen molar-refractivity contribution in [2.45, 2.75) is 53.6 Å². The smallest absolute Gasteiger partial charge is 0.244 e. The maximum absolute atomic E-state index is 13.5. The van der Waals surface area contributed by atoms with E-state index in [9.17, 15) is 19.5 Å². The zero-order valence-electron chi connectivity index (χ0n) is 18.1. The maximum Gasteiger partial charge on any atom is 0.244 e. The third-order valence-corrected chi connectivity index (χ3v) is 10.0. The van der Waals surface area contributed by atoms with E-state index in [1.54, 1.807) is 11.8 Å². The lowest BCUT2D eigenvalue weighted by molar-refractivity contribution is -0.140. The van der Waals surface area contributed by atoms with E-state index in [0.717, 1.165) is 18.4 Å². The molecule has 2 bridgehead atoms. The van der Waals surface area contributed by atoms with Crippen molar-refractivity contribution in [3.8, 4) is 0 Å². The number of hydrogen-bond acceptors (Lipinski definition) is 5. The quantitative estimate of drug-likeness (QED) is 0.337. The number of unbranched alkanes of at least 4 members (excludes halogenated alkanes) is 1. The number of alkyl halides is 1. The minimum absolute atomic E-state index is 0.0454. The Balaban J connectivity index is 1.59. The van der Waals surface area contributed by atoms with Gasteiger partial charge in [0.05, 0.1) is 23.2 Å². The molecule has 0 radical (unpaired) electrons. The summed E-state index contributed by atoms with van der Waals surface area (Å²) in [6.45, 7) is 2.89. The predicted molar refractivity (Wildman–Crippen MR) is 127 cm³/mol. The first-order valence-electron chi connectivity index (χ1n) is 11.3. The number of β-amino-alcohol motifs (C(OH)–C–C–N with tert-alkyl or cyclic N) is 1. The molecule has 1 aromatic rings. The van der Waals surface area contributed by atoms with E-state index in [-0.39, 0.29) is 41.0 Å². The highest BCUT2D eigenvalue weighted by molar-refractivity contribution is 9.09. The number of nitrogens with zero attached hydrogens (tertiary/aromatic N) is 1. The average molecular weight is 524 g/mol. The van der Waals surface area contributed by atoms with E-state index in [1.807, 2.05) is 30.3 Å². The zero-order chi connectivity index (χ0) is 22.9. The number of halogens is 1. The number of aliphatic hydroxyl groups excluding tert-OH is 1. The van der Waals surface area contributed by atoms with Crippen molar-refractivity contribution in [2.24, 2.45) is 11.8 Å². The van der Waals surface area contributed by atoms with Gasteiger partial charge in [-0.1, -0.05) is 59.6 Å². The summed E-state index contributed by atoms with van der Waals surface area (Å²) in [6.07, 6.45) is 2.47. The summed E-state index contributed by atoms with van der Waals surface area (Å²) in [5.41, 5.74) is 0.995. The maximum atomic E-state index is 13.5. The second-order valence-corrected chi connectivity index (χ2v) is 11.5. The summed E-state index contributed by atoms with van der Waals surface area (Å²) in [6, 6.07) is 9.00. The molecule has 4 rings (SSSR count). The Labute approximate surface area is 201 Å². The lowest BCUT2D eigenvalue weighted by atomic mass is 9.70. The van der Waals surface area contributed by atoms with Crippen molar-refractivity contribution >= 4 is 45.4 Å². The molecular weight excluding hydrogens is 494 g/mol. The van der Waals surface area contributed by atoms with Crippen LogP contribution in [0.4, 0.5) is 0 Å². The molecule has 3 aliphatic heterocycles. The highest BCUT2D eigenvalue weighted by Gasteiger charge is 2.75. The minimum atomic E-state index is -0.675. The Morgan fingerprint density at radius 2 is 2.00 bits per heavy atom. The van der Waals surface area contributed by atoms with Gasteiger partial charge in [0.1, 0.15) is 6.04 Å². The number of carbonyl (C=O) groups is 3. The Morgan fingerprint density at radius 3 is 2.69 bits per heavy atom. The monoisotopic (exact) mass is 523 g/mol. The van der Waals surface area contributed by atoms with Gasteiger partial charge in [-0.3, -0.25) is 14.4 Å². The van der Waals surface area contributed by atoms with Gasteiger partial charge in [0.15, 0.2) is 0 Å². The Hall–Kier alpha value is -1.58. The van der Waals surface area contributed by atoms with Gasteiger partial charge in [0, 0.05) is 29.7 Å². The molecule has 0 saturated carbocycles. The number of rotatable bonds is 9. The second-order valence-electron chi connectivity index (χ2n) is 8.77. The molecule has 6 atom stereocenters. The van der Waals surface area contributed by atoms with Crippen molar-refractivity contribution in [1.82, 2.24) is 15.5 Å². The van der Waals surface area contributed by atoms with Gasteiger partial charge in [-0.05, 0) is 18.4 Å². The molecule has 1 spiro atoms.